The largest absolute Gasteiger partial charge is 0.467 e. The molecule has 0 aromatic heterocycles. The van der Waals surface area contributed by atoms with Crippen LogP contribution >= 0.6 is 0 Å². The van der Waals surface area contributed by atoms with Crippen molar-refractivity contribution >= 4 is 23.8 Å². The Balaban J connectivity index is 2.76. The summed E-state index contributed by atoms with van der Waals surface area (Å²) in [5, 5.41) is 13.2. The Labute approximate surface area is 146 Å². The third-order valence-electron chi connectivity index (χ3n) is 2.94. The third-order valence-corrected chi connectivity index (χ3v) is 2.94. The molecular weight excluding hydrogens is 328 g/mol. The van der Waals surface area contributed by atoms with Crippen molar-refractivity contribution in [1.82, 2.24) is 5.32 Å². The number of non-ortho nitro benzene ring substituents is 1. The minimum atomic E-state index is -0.921. The molecule has 0 aliphatic rings. The van der Waals surface area contributed by atoms with Crippen LogP contribution in [0.3, 0.4) is 0 Å². The van der Waals surface area contributed by atoms with Gasteiger partial charge < -0.3 is 14.8 Å². The Morgan fingerprint density at radius 3 is 2.60 bits per heavy atom. The number of nitrogens with zero attached hydrogens (tertiary/aromatic N) is 1. The van der Waals surface area contributed by atoms with Crippen molar-refractivity contribution < 1.29 is 24.0 Å². The van der Waals surface area contributed by atoms with Gasteiger partial charge in [0, 0.05) is 12.1 Å². The van der Waals surface area contributed by atoms with Crippen LogP contribution in [0.25, 0.3) is 6.08 Å². The smallest absolute Gasteiger partial charge is 0.408 e. The summed E-state index contributed by atoms with van der Waals surface area (Å²) in [6.07, 6.45) is 2.67. The summed E-state index contributed by atoms with van der Waals surface area (Å²) in [5.74, 6) is -0.616. The van der Waals surface area contributed by atoms with Crippen molar-refractivity contribution in [2.45, 2.75) is 38.8 Å². The first-order valence-corrected chi connectivity index (χ1v) is 7.60. The van der Waals surface area contributed by atoms with Gasteiger partial charge in [0.25, 0.3) is 5.69 Å². The van der Waals surface area contributed by atoms with E-state index < -0.39 is 28.6 Å². The molecule has 1 aromatic rings. The quantitative estimate of drug-likeness (QED) is 0.480. The van der Waals surface area contributed by atoms with Crippen LogP contribution in [0.1, 0.15) is 32.8 Å². The molecule has 0 unspecified atom stereocenters. The topological polar surface area (TPSA) is 108 Å². The molecule has 1 rings (SSSR count). The van der Waals surface area contributed by atoms with Crippen molar-refractivity contribution in [1.29, 1.82) is 0 Å². The molecule has 0 aliphatic carbocycles. The molecule has 0 spiro atoms. The van der Waals surface area contributed by atoms with Gasteiger partial charge in [-0.15, -0.1) is 0 Å². The highest BCUT2D eigenvalue weighted by Crippen LogP contribution is 2.15. The summed E-state index contributed by atoms with van der Waals surface area (Å²) in [6.45, 7) is 5.13. The number of nitro benzene ring substituents is 1. The van der Waals surface area contributed by atoms with E-state index in [0.717, 1.165) is 0 Å². The molecule has 1 atom stereocenters. The number of amides is 1. The Morgan fingerprint density at radius 2 is 2.04 bits per heavy atom. The lowest BCUT2D eigenvalue weighted by Gasteiger charge is -2.22. The predicted molar refractivity (Wildman–Crippen MR) is 91.9 cm³/mol. The second-order valence-corrected chi connectivity index (χ2v) is 6.21. The van der Waals surface area contributed by atoms with Crippen LogP contribution in [-0.4, -0.2) is 35.7 Å². The summed E-state index contributed by atoms with van der Waals surface area (Å²) in [5.41, 5.74) is -0.113. The molecule has 8 heteroatoms. The third kappa shape index (κ3) is 7.47. The maximum atomic E-state index is 11.8. The zero-order valence-corrected chi connectivity index (χ0v) is 14.6. The van der Waals surface area contributed by atoms with Gasteiger partial charge in [0.2, 0.25) is 0 Å². The van der Waals surface area contributed by atoms with Gasteiger partial charge in [0.1, 0.15) is 11.6 Å². The molecule has 0 heterocycles. The standard InChI is InChI=1S/C17H22N2O6/c1-17(2,3)25-16(21)18-14(15(20)24-4)10-6-8-12-7-5-9-13(11-12)19(22)23/h5-9,11,14H,10H2,1-4H3,(H,18,21)/b8-6+/t14-/m0/s1. The lowest BCUT2D eigenvalue weighted by molar-refractivity contribution is -0.384. The van der Waals surface area contributed by atoms with Crippen molar-refractivity contribution in [2.75, 3.05) is 7.11 Å². The second-order valence-electron chi connectivity index (χ2n) is 6.21. The summed E-state index contributed by atoms with van der Waals surface area (Å²) < 4.78 is 9.78. The minimum Gasteiger partial charge on any atom is -0.467 e. The average molecular weight is 350 g/mol. The van der Waals surface area contributed by atoms with Crippen molar-refractivity contribution in [3.63, 3.8) is 0 Å². The van der Waals surface area contributed by atoms with Gasteiger partial charge in [-0.2, -0.15) is 0 Å². The number of benzene rings is 1. The van der Waals surface area contributed by atoms with E-state index in [0.29, 0.717) is 5.56 Å². The predicted octanol–water partition coefficient (Wildman–Crippen LogP) is 3.06. The van der Waals surface area contributed by atoms with Gasteiger partial charge in [-0.3, -0.25) is 10.1 Å². The molecule has 0 bridgehead atoms. The Hall–Kier alpha value is -2.90. The van der Waals surface area contributed by atoms with Crippen molar-refractivity contribution in [2.24, 2.45) is 0 Å². The molecule has 0 saturated heterocycles. The van der Waals surface area contributed by atoms with Gasteiger partial charge in [0.05, 0.1) is 12.0 Å². The van der Waals surface area contributed by atoms with Gasteiger partial charge in [0.15, 0.2) is 0 Å². The molecule has 8 nitrogen and oxygen atoms in total. The highest BCUT2D eigenvalue weighted by molar-refractivity contribution is 5.81. The number of esters is 1. The maximum Gasteiger partial charge on any atom is 0.408 e. The SMILES string of the molecule is COC(=O)[C@H](C/C=C/c1cccc([N+](=O)[O-])c1)NC(=O)OC(C)(C)C. The summed E-state index contributed by atoms with van der Waals surface area (Å²) in [6, 6.07) is 5.13. The van der Waals surface area contributed by atoms with E-state index in [4.69, 9.17) is 4.74 Å². The van der Waals surface area contributed by atoms with E-state index in [-0.39, 0.29) is 12.1 Å². The number of carbonyl (C=O) groups is 2. The van der Waals surface area contributed by atoms with Crippen molar-refractivity contribution in [3.8, 4) is 0 Å². The molecule has 0 radical (unpaired) electrons. The summed E-state index contributed by atoms with van der Waals surface area (Å²) in [7, 11) is 1.22. The zero-order chi connectivity index (χ0) is 19.0. The van der Waals surface area contributed by atoms with Crippen LogP contribution in [-0.2, 0) is 14.3 Å². The molecule has 1 aromatic carbocycles. The number of alkyl carbamates (subject to hydrolysis) is 1. The molecule has 0 aliphatic heterocycles. The fourth-order valence-corrected chi connectivity index (χ4v) is 1.89. The van der Waals surface area contributed by atoms with Gasteiger partial charge in [-0.05, 0) is 32.8 Å². The summed E-state index contributed by atoms with van der Waals surface area (Å²) >= 11 is 0. The molecule has 136 valence electrons. The minimum absolute atomic E-state index is 0.0291. The van der Waals surface area contributed by atoms with Crippen LogP contribution in [0.2, 0.25) is 0 Å². The monoisotopic (exact) mass is 350 g/mol. The highest BCUT2D eigenvalue weighted by Gasteiger charge is 2.23. The van der Waals surface area contributed by atoms with Crippen LogP contribution < -0.4 is 5.32 Å². The van der Waals surface area contributed by atoms with E-state index >= 15 is 0 Å². The normalized spacial score (nSPS) is 12.5. The molecule has 25 heavy (non-hydrogen) atoms. The number of ether oxygens (including phenoxy) is 2. The van der Waals surface area contributed by atoms with Crippen LogP contribution in [0.4, 0.5) is 10.5 Å². The molecule has 1 N–H and O–H groups in total. The van der Waals surface area contributed by atoms with Crippen molar-refractivity contribution in [3.05, 3.63) is 46.0 Å². The van der Waals surface area contributed by atoms with E-state index in [1.54, 1.807) is 45.1 Å². The average Bonchev–Trinajstić information content (AvgIpc) is 2.51. The fourth-order valence-electron chi connectivity index (χ4n) is 1.89. The van der Waals surface area contributed by atoms with E-state index in [9.17, 15) is 19.7 Å². The van der Waals surface area contributed by atoms with Crippen LogP contribution in [0.5, 0.6) is 0 Å². The maximum absolute atomic E-state index is 11.8. The highest BCUT2D eigenvalue weighted by atomic mass is 16.6. The number of methoxy groups -OCH3 is 1. The van der Waals surface area contributed by atoms with Gasteiger partial charge in [-0.25, -0.2) is 9.59 Å². The Kier molecular flexibility index (Phi) is 7.10. The van der Waals surface area contributed by atoms with Crippen LogP contribution in [0.15, 0.2) is 30.3 Å². The molecule has 0 saturated carbocycles. The Morgan fingerprint density at radius 1 is 1.36 bits per heavy atom. The lowest BCUT2D eigenvalue weighted by Crippen LogP contribution is -2.43. The molecule has 0 fully saturated rings. The lowest BCUT2D eigenvalue weighted by atomic mass is 10.1. The number of hydrogen-bond acceptors (Lipinski definition) is 6. The first kappa shape index (κ1) is 20.1. The number of rotatable bonds is 6. The summed E-state index contributed by atoms with van der Waals surface area (Å²) in [4.78, 5) is 33.9. The number of carbonyl (C=O) groups excluding carboxylic acids is 2. The zero-order valence-electron chi connectivity index (χ0n) is 14.6. The second kappa shape index (κ2) is 8.81. The first-order valence-electron chi connectivity index (χ1n) is 7.60. The van der Waals surface area contributed by atoms with E-state index in [1.165, 1.54) is 19.2 Å². The van der Waals surface area contributed by atoms with Gasteiger partial charge in [-0.1, -0.05) is 24.3 Å². The van der Waals surface area contributed by atoms with E-state index in [2.05, 4.69) is 10.1 Å². The Bertz CT molecular complexity index is 663. The number of nitrogens with one attached hydrogen (secondary N) is 1. The van der Waals surface area contributed by atoms with Gasteiger partial charge >= 0.3 is 12.1 Å². The number of nitro groups is 1. The molecular formula is C17H22N2O6. The number of hydrogen-bond donors (Lipinski definition) is 1. The molecule has 1 amide bonds. The van der Waals surface area contributed by atoms with Crippen LogP contribution in [0, 0.1) is 10.1 Å². The fraction of sp³-hybridized carbons (Fsp3) is 0.412. The first-order chi connectivity index (χ1) is 11.6. The van der Waals surface area contributed by atoms with E-state index in [1.807, 2.05) is 0 Å².